The Bertz CT molecular complexity index is 1090. The molecule has 0 saturated heterocycles. The molecule has 183 valence electrons. The molecule has 1 heterocycles. The molecule has 3 radical (unpaired) electrons. The van der Waals surface area contributed by atoms with Crippen molar-refractivity contribution >= 4 is 57.2 Å². The Kier molecular flexibility index (Phi) is 11.2. The molecule has 2 rings (SSSR count). The Morgan fingerprint density at radius 2 is 2.12 bits per heavy atom. The number of aromatic nitrogens is 2. The zero-order valence-electron chi connectivity index (χ0n) is 18.4. The van der Waals surface area contributed by atoms with E-state index in [1.807, 2.05) is 13.8 Å². The molecule has 6 N–H and O–H groups in total. The Labute approximate surface area is 216 Å². The molecule has 34 heavy (non-hydrogen) atoms. The van der Waals surface area contributed by atoms with Crippen LogP contribution in [-0.2, 0) is 9.05 Å². The molecule has 0 aliphatic heterocycles. The molecule has 1 atom stereocenters. The molecule has 13 nitrogen and oxygen atoms in total. The van der Waals surface area contributed by atoms with Gasteiger partial charge in [0.05, 0.1) is 0 Å². The van der Waals surface area contributed by atoms with Crippen molar-refractivity contribution in [2.45, 2.75) is 27.2 Å². The van der Waals surface area contributed by atoms with Crippen LogP contribution >= 0.6 is 20.2 Å². The molecule has 0 fully saturated rings. The quantitative estimate of drug-likeness (QED) is 0.0482. The first-order chi connectivity index (χ1) is 16.2. The van der Waals surface area contributed by atoms with E-state index in [9.17, 15) is 20.4 Å². The van der Waals surface area contributed by atoms with Gasteiger partial charge in [0.1, 0.15) is 0 Å². The second kappa shape index (κ2) is 13.4. The number of halogens is 1. The molecule has 1 aromatic heterocycles. The second-order valence-electron chi connectivity index (χ2n) is 6.52. The number of quaternary nitrogens is 1. The van der Waals surface area contributed by atoms with Crippen molar-refractivity contribution < 1.29 is 38.8 Å². The van der Waals surface area contributed by atoms with Gasteiger partial charge in [-0.05, 0) is 31.9 Å². The van der Waals surface area contributed by atoms with Crippen molar-refractivity contribution in [3.05, 3.63) is 44.4 Å². The molecule has 0 amide bonds. The van der Waals surface area contributed by atoms with Crippen LogP contribution in [0.5, 0.6) is 11.5 Å². The fourth-order valence-electron chi connectivity index (χ4n) is 2.65. The maximum absolute atomic E-state index is 11.5. The normalized spacial score (nSPS) is 13.9. The molecule has 16 heteroatoms. The van der Waals surface area contributed by atoms with Crippen LogP contribution in [0.1, 0.15) is 33.0 Å². The van der Waals surface area contributed by atoms with Crippen molar-refractivity contribution in [2.75, 3.05) is 10.9 Å². The molecule has 0 spiro atoms. The van der Waals surface area contributed by atoms with Gasteiger partial charge in [0.25, 0.3) is 0 Å². The summed E-state index contributed by atoms with van der Waals surface area (Å²) in [5, 5.41) is 35.2. The number of phenolic OH excluding ortho intramolecular Hbond substituents is 1. The van der Waals surface area contributed by atoms with Crippen LogP contribution in [-0.4, -0.2) is 62.0 Å². The molecule has 1 aromatic carbocycles. The van der Waals surface area contributed by atoms with Crippen molar-refractivity contribution in [3.8, 4) is 23.0 Å². The number of benzene rings is 1. The van der Waals surface area contributed by atoms with E-state index < -0.39 is 25.0 Å². The molecule has 1 unspecified atom stereocenters. The van der Waals surface area contributed by atoms with E-state index in [-0.39, 0.29) is 34.9 Å². The Morgan fingerprint density at radius 3 is 2.68 bits per heavy atom. The molecule has 0 aliphatic rings. The Balaban J connectivity index is 2.60. The number of hydrogen-bond donors (Lipinski definition) is 4. The van der Waals surface area contributed by atoms with Crippen molar-refractivity contribution in [3.63, 3.8) is 0 Å². The number of rotatable bonds is 12. The van der Waals surface area contributed by atoms with Gasteiger partial charge in [-0.2, -0.15) is 5.48 Å². The van der Waals surface area contributed by atoms with Crippen molar-refractivity contribution in [2.24, 2.45) is 5.73 Å². The Morgan fingerprint density at radius 1 is 1.41 bits per heavy atom. The van der Waals surface area contributed by atoms with E-state index in [1.165, 1.54) is 6.07 Å². The molecule has 0 bridgehead atoms. The zero-order valence-corrected chi connectivity index (χ0v) is 24.0. The van der Waals surface area contributed by atoms with Crippen molar-refractivity contribution in [1.29, 1.82) is 0 Å². The van der Waals surface area contributed by atoms with E-state index in [0.717, 1.165) is 23.6 Å². The average molecular weight is 711 g/mol. The fourth-order valence-corrected chi connectivity index (χ4v) is 4.81. The van der Waals surface area contributed by atoms with Crippen LogP contribution < -0.4 is 15.7 Å². The van der Waals surface area contributed by atoms with Gasteiger partial charge in [-0.15, -0.1) is 0 Å². The first kappa shape index (κ1) is 28.5. The maximum atomic E-state index is 11.5. The number of aromatic hydroxyl groups is 1. The average Bonchev–Trinajstić information content (AvgIpc) is 3.29. The predicted molar refractivity (Wildman–Crippen MR) is 123 cm³/mol. The van der Waals surface area contributed by atoms with Gasteiger partial charge in [-0.3, -0.25) is 0 Å². The van der Waals surface area contributed by atoms with E-state index >= 15 is 0 Å². The summed E-state index contributed by atoms with van der Waals surface area (Å²) in [5.41, 5.74) is 7.57. The third-order valence-corrected chi connectivity index (χ3v) is 7.41. The topological polar surface area (TPSA) is 193 Å². The van der Waals surface area contributed by atoms with Gasteiger partial charge in [0, 0.05) is 0 Å². The number of phenols is 1. The third kappa shape index (κ3) is 6.91. The van der Waals surface area contributed by atoms with Crippen LogP contribution in [0.4, 0.5) is 5.69 Å². The second-order valence-corrected chi connectivity index (χ2v) is 9.19. The van der Waals surface area contributed by atoms with Crippen LogP contribution in [0.2, 0.25) is 0 Å². The zero-order chi connectivity index (χ0) is 25.4. The number of nitrogens with zero attached hydrogens (tertiary/aromatic N) is 3. The van der Waals surface area contributed by atoms with E-state index in [1.54, 1.807) is 6.92 Å². The van der Waals surface area contributed by atoms with Crippen molar-refractivity contribution in [1.82, 2.24) is 10.1 Å². The monoisotopic (exact) mass is 711 g/mol. The molecular weight excluding hydrogens is 688 g/mol. The number of allylic oxidation sites excluding steroid dienone is 3. The summed E-state index contributed by atoms with van der Waals surface area (Å²) in [6.45, 7) is 5.43. The minimum absolute atomic E-state index is 0.0109. The molecule has 0 aliphatic carbocycles. The summed E-state index contributed by atoms with van der Waals surface area (Å²) in [6, 6.07) is 2.33. The van der Waals surface area contributed by atoms with Gasteiger partial charge in [0.2, 0.25) is 0 Å². The van der Waals surface area contributed by atoms with Crippen LogP contribution in [0.3, 0.4) is 0 Å². The van der Waals surface area contributed by atoms with Gasteiger partial charge in [0.15, 0.2) is 0 Å². The Hall–Kier alpha value is -1.72. The minimum atomic E-state index is -2.00. The molecular formula is C18H23ClN5O8PPb+. The van der Waals surface area contributed by atoms with Crippen LogP contribution in [0.25, 0.3) is 17.0 Å². The summed E-state index contributed by atoms with van der Waals surface area (Å²) >= 11 is 6.87. The number of nitro benzene ring substituents is 1. The molecule has 2 aromatic rings. The summed E-state index contributed by atoms with van der Waals surface area (Å²) in [6.07, 6.45) is 0.719. The van der Waals surface area contributed by atoms with Gasteiger partial charge in [-0.1, -0.05) is 12.5 Å². The standard InChI is InChI=1S/C18H22ClN5O8P.Pb/c1-5-9(2)10(3)14(16(19)22-26)17-21-18(31-23-17)11-6-12(24(27)28)15(25)13(7-11)32-33(29-4)30-8-20;/h6-7,22,25-26H,4-5,8,20H2,1-3H3;/p+1/b10-9-,16-14+;. The van der Waals surface area contributed by atoms with Gasteiger partial charge in [-0.25, -0.2) is 5.21 Å². The fraction of sp³-hybridized carbons (Fsp3) is 0.333. The summed E-state index contributed by atoms with van der Waals surface area (Å²) in [4.78, 5) is 15.0. The molecule has 0 saturated carbocycles. The number of hydroxylamine groups is 1. The number of nitrogens with two attached hydrogens (primary N) is 2. The van der Waals surface area contributed by atoms with Crippen LogP contribution in [0, 0.1) is 10.1 Å². The third-order valence-electron chi connectivity index (χ3n) is 4.57. The summed E-state index contributed by atoms with van der Waals surface area (Å²) < 4.78 is 21.7. The van der Waals surface area contributed by atoms with Gasteiger partial charge < -0.3 is 0 Å². The van der Waals surface area contributed by atoms with E-state index in [2.05, 4.69) is 10.1 Å². The summed E-state index contributed by atoms with van der Waals surface area (Å²) in [5.74, 6) is -1.07. The SMILES string of the molecule is CC/C(C)=C(C)\C(=C(\Cl)[NH2+]O)c1noc(-c2cc(OP(OCN)O[CH2][Pb])c(O)c([N+](=O)[O-])c2)n1. The van der Waals surface area contributed by atoms with E-state index in [0.29, 0.717) is 41.0 Å². The first-order valence-corrected chi connectivity index (χ1v) is 13.9. The van der Waals surface area contributed by atoms with E-state index in [4.69, 9.17) is 35.4 Å². The first-order valence-electron chi connectivity index (χ1n) is 9.66. The van der Waals surface area contributed by atoms with Gasteiger partial charge >= 0.3 is 162 Å². The summed E-state index contributed by atoms with van der Waals surface area (Å²) in [7, 11) is -2.00. The number of nitro groups is 1. The van der Waals surface area contributed by atoms with Crippen LogP contribution in [0.15, 0.2) is 33.0 Å². The number of hydrogen-bond acceptors (Lipinski definition) is 11. The predicted octanol–water partition coefficient (Wildman–Crippen LogP) is 2.64.